The number of rotatable bonds is 5. The fourth-order valence-corrected chi connectivity index (χ4v) is 3.90. The third kappa shape index (κ3) is 3.03. The van der Waals surface area contributed by atoms with E-state index in [0.717, 1.165) is 23.9 Å². The van der Waals surface area contributed by atoms with Gasteiger partial charge in [0, 0.05) is 18.6 Å². The summed E-state index contributed by atoms with van der Waals surface area (Å²) in [5, 5.41) is 3.68. The summed E-state index contributed by atoms with van der Waals surface area (Å²) in [6, 6.07) is 1.82. The van der Waals surface area contributed by atoms with Gasteiger partial charge in [0.25, 0.3) is 0 Å². The Kier molecular flexibility index (Phi) is 3.72. The van der Waals surface area contributed by atoms with E-state index in [1.165, 1.54) is 64.6 Å². The minimum atomic E-state index is 0.829. The second-order valence-electron chi connectivity index (χ2n) is 6.68. The Bertz CT molecular complexity index is 249. The zero-order valence-electron chi connectivity index (χ0n) is 11.3. The highest BCUT2D eigenvalue weighted by atomic mass is 15.2. The lowest BCUT2D eigenvalue weighted by atomic mass is 9.91. The fraction of sp³-hybridized carbons (Fsp3) is 1.00. The summed E-state index contributed by atoms with van der Waals surface area (Å²) in [7, 11) is 0. The molecule has 0 bridgehead atoms. The monoisotopic (exact) mass is 236 g/mol. The van der Waals surface area contributed by atoms with Crippen LogP contribution in [-0.2, 0) is 0 Å². The molecule has 0 radical (unpaired) electrons. The Morgan fingerprint density at radius 1 is 1.12 bits per heavy atom. The fourth-order valence-electron chi connectivity index (χ4n) is 3.90. The van der Waals surface area contributed by atoms with Crippen LogP contribution in [0.1, 0.15) is 51.9 Å². The van der Waals surface area contributed by atoms with Crippen molar-refractivity contribution in [1.82, 2.24) is 10.2 Å². The highest BCUT2D eigenvalue weighted by Gasteiger charge is 2.35. The van der Waals surface area contributed by atoms with Crippen LogP contribution in [0, 0.1) is 11.8 Å². The summed E-state index contributed by atoms with van der Waals surface area (Å²) >= 11 is 0. The second-order valence-corrected chi connectivity index (χ2v) is 6.68. The van der Waals surface area contributed by atoms with Gasteiger partial charge in [-0.25, -0.2) is 0 Å². The number of hydrogen-bond acceptors (Lipinski definition) is 2. The molecule has 2 nitrogen and oxygen atoms in total. The van der Waals surface area contributed by atoms with Gasteiger partial charge < -0.3 is 5.32 Å². The molecule has 3 fully saturated rings. The molecule has 2 heteroatoms. The molecule has 2 saturated carbocycles. The molecule has 3 atom stereocenters. The van der Waals surface area contributed by atoms with Crippen LogP contribution in [0.15, 0.2) is 0 Å². The first-order valence-electron chi connectivity index (χ1n) is 7.80. The van der Waals surface area contributed by atoms with Crippen molar-refractivity contribution in [3.05, 3.63) is 0 Å². The largest absolute Gasteiger partial charge is 0.314 e. The molecule has 1 aliphatic heterocycles. The lowest BCUT2D eigenvalue weighted by molar-refractivity contribution is 0.0971. The SMILES string of the molecule is CC(CNC1CC1)CN1CCCC2CCCC21. The van der Waals surface area contributed by atoms with E-state index < -0.39 is 0 Å². The molecule has 3 rings (SSSR count). The average molecular weight is 236 g/mol. The summed E-state index contributed by atoms with van der Waals surface area (Å²) in [5.74, 6) is 1.88. The molecule has 98 valence electrons. The van der Waals surface area contributed by atoms with Crippen molar-refractivity contribution in [3.8, 4) is 0 Å². The van der Waals surface area contributed by atoms with E-state index in [1.54, 1.807) is 0 Å². The summed E-state index contributed by atoms with van der Waals surface area (Å²) in [6.45, 7) is 6.36. The van der Waals surface area contributed by atoms with Crippen molar-refractivity contribution in [3.63, 3.8) is 0 Å². The highest BCUT2D eigenvalue weighted by molar-refractivity contribution is 4.90. The second kappa shape index (κ2) is 5.27. The molecule has 0 spiro atoms. The van der Waals surface area contributed by atoms with Crippen molar-refractivity contribution >= 4 is 0 Å². The number of nitrogens with one attached hydrogen (secondary N) is 1. The standard InChI is InChI=1S/C15H28N2/c1-12(10-16-14-7-8-14)11-17-9-3-5-13-4-2-6-15(13)17/h12-16H,2-11H2,1H3. The van der Waals surface area contributed by atoms with Gasteiger partial charge in [-0.05, 0) is 63.5 Å². The van der Waals surface area contributed by atoms with Crippen LogP contribution >= 0.6 is 0 Å². The Hall–Kier alpha value is -0.0800. The summed E-state index contributed by atoms with van der Waals surface area (Å²) in [6.07, 6.45) is 10.3. The smallest absolute Gasteiger partial charge is 0.0124 e. The Balaban J connectivity index is 1.45. The van der Waals surface area contributed by atoms with E-state index in [4.69, 9.17) is 0 Å². The number of likely N-dealkylation sites (tertiary alicyclic amines) is 1. The van der Waals surface area contributed by atoms with Gasteiger partial charge >= 0.3 is 0 Å². The minimum Gasteiger partial charge on any atom is -0.314 e. The molecule has 1 saturated heterocycles. The van der Waals surface area contributed by atoms with E-state index in [9.17, 15) is 0 Å². The molecule has 1 heterocycles. The molecule has 17 heavy (non-hydrogen) atoms. The molecule has 0 aromatic carbocycles. The van der Waals surface area contributed by atoms with Crippen molar-refractivity contribution in [2.75, 3.05) is 19.6 Å². The zero-order valence-corrected chi connectivity index (χ0v) is 11.3. The minimum absolute atomic E-state index is 0.829. The van der Waals surface area contributed by atoms with E-state index in [-0.39, 0.29) is 0 Å². The van der Waals surface area contributed by atoms with Crippen LogP contribution in [0.5, 0.6) is 0 Å². The lowest BCUT2D eigenvalue weighted by Crippen LogP contribution is -2.45. The zero-order chi connectivity index (χ0) is 11.7. The number of piperidine rings is 1. The third-order valence-corrected chi connectivity index (χ3v) is 4.99. The van der Waals surface area contributed by atoms with Crippen LogP contribution in [0.4, 0.5) is 0 Å². The van der Waals surface area contributed by atoms with Crippen molar-refractivity contribution in [2.24, 2.45) is 11.8 Å². The molecule has 2 aliphatic carbocycles. The lowest BCUT2D eigenvalue weighted by Gasteiger charge is -2.39. The molecule has 3 aliphatic rings. The number of hydrogen-bond donors (Lipinski definition) is 1. The maximum atomic E-state index is 3.68. The molecular weight excluding hydrogens is 208 g/mol. The molecule has 3 unspecified atom stereocenters. The van der Waals surface area contributed by atoms with Crippen molar-refractivity contribution in [2.45, 2.75) is 64.0 Å². The van der Waals surface area contributed by atoms with Crippen LogP contribution in [0.25, 0.3) is 0 Å². The van der Waals surface area contributed by atoms with Gasteiger partial charge in [0.1, 0.15) is 0 Å². The van der Waals surface area contributed by atoms with Gasteiger partial charge in [0.2, 0.25) is 0 Å². The molecule has 0 amide bonds. The van der Waals surface area contributed by atoms with Crippen LogP contribution < -0.4 is 5.32 Å². The average Bonchev–Trinajstić information content (AvgIpc) is 3.03. The highest BCUT2D eigenvalue weighted by Crippen LogP contribution is 2.36. The van der Waals surface area contributed by atoms with Gasteiger partial charge in [-0.2, -0.15) is 0 Å². The first kappa shape index (κ1) is 12.0. The molecule has 0 aromatic rings. The summed E-state index contributed by atoms with van der Waals surface area (Å²) in [4.78, 5) is 2.82. The predicted octanol–water partition coefficient (Wildman–Crippen LogP) is 2.64. The van der Waals surface area contributed by atoms with E-state index in [2.05, 4.69) is 17.1 Å². The first-order chi connectivity index (χ1) is 8.33. The normalized spacial score (nSPS) is 35.8. The molecule has 1 N–H and O–H groups in total. The van der Waals surface area contributed by atoms with Gasteiger partial charge in [-0.3, -0.25) is 4.90 Å². The van der Waals surface area contributed by atoms with Crippen molar-refractivity contribution < 1.29 is 0 Å². The van der Waals surface area contributed by atoms with Gasteiger partial charge in [-0.15, -0.1) is 0 Å². The van der Waals surface area contributed by atoms with Gasteiger partial charge in [0.15, 0.2) is 0 Å². The number of fused-ring (bicyclic) bond motifs is 1. The Morgan fingerprint density at radius 3 is 2.76 bits per heavy atom. The van der Waals surface area contributed by atoms with E-state index >= 15 is 0 Å². The summed E-state index contributed by atoms with van der Waals surface area (Å²) in [5.41, 5.74) is 0. The van der Waals surface area contributed by atoms with Crippen molar-refractivity contribution in [1.29, 1.82) is 0 Å². The molecular formula is C15H28N2. The summed E-state index contributed by atoms with van der Waals surface area (Å²) < 4.78 is 0. The van der Waals surface area contributed by atoms with Crippen LogP contribution in [-0.4, -0.2) is 36.6 Å². The topological polar surface area (TPSA) is 15.3 Å². The first-order valence-corrected chi connectivity index (χ1v) is 7.80. The van der Waals surface area contributed by atoms with Gasteiger partial charge in [-0.1, -0.05) is 13.3 Å². The maximum absolute atomic E-state index is 3.68. The van der Waals surface area contributed by atoms with E-state index in [1.807, 2.05) is 0 Å². The Morgan fingerprint density at radius 2 is 1.94 bits per heavy atom. The van der Waals surface area contributed by atoms with Crippen LogP contribution in [0.3, 0.4) is 0 Å². The van der Waals surface area contributed by atoms with Gasteiger partial charge in [0.05, 0.1) is 0 Å². The third-order valence-electron chi connectivity index (χ3n) is 4.99. The Labute approximate surface area is 106 Å². The van der Waals surface area contributed by atoms with Crippen LogP contribution in [0.2, 0.25) is 0 Å². The molecule has 0 aromatic heterocycles. The maximum Gasteiger partial charge on any atom is 0.0124 e. The quantitative estimate of drug-likeness (QED) is 0.789. The van der Waals surface area contributed by atoms with E-state index in [0.29, 0.717) is 0 Å². The number of nitrogens with zero attached hydrogens (tertiary/aromatic N) is 1. The predicted molar refractivity (Wildman–Crippen MR) is 72.1 cm³/mol.